The molecular formula is C29H29F3N6OS. The van der Waals surface area contributed by atoms with E-state index in [1.54, 1.807) is 10.9 Å². The van der Waals surface area contributed by atoms with Crippen LogP contribution in [0.5, 0.6) is 5.75 Å². The molecule has 0 amide bonds. The largest absolute Gasteiger partial charge is 0.573 e. The Balaban J connectivity index is 1.46. The van der Waals surface area contributed by atoms with Gasteiger partial charge in [0.1, 0.15) is 11.6 Å². The summed E-state index contributed by atoms with van der Waals surface area (Å²) in [6.07, 6.45) is -2.49. The molecular weight excluding hydrogens is 537 g/mol. The van der Waals surface area contributed by atoms with E-state index in [-0.39, 0.29) is 5.75 Å². The maximum absolute atomic E-state index is 12.5. The molecule has 7 nitrogen and oxygen atoms in total. The first kappa shape index (κ1) is 28.8. The Morgan fingerprint density at radius 1 is 1.10 bits per heavy atom. The van der Waals surface area contributed by atoms with Gasteiger partial charge in [0.2, 0.25) is 0 Å². The highest BCUT2D eigenvalue weighted by Crippen LogP contribution is 2.26. The van der Waals surface area contributed by atoms with Crippen molar-refractivity contribution >= 4 is 29.2 Å². The Morgan fingerprint density at radius 2 is 1.82 bits per heavy atom. The van der Waals surface area contributed by atoms with Crippen molar-refractivity contribution < 1.29 is 17.9 Å². The molecule has 4 aromatic rings. The lowest BCUT2D eigenvalue weighted by atomic mass is 10.0. The van der Waals surface area contributed by atoms with Crippen LogP contribution in [0.4, 0.5) is 18.9 Å². The number of anilines is 1. The predicted molar refractivity (Wildman–Crippen MR) is 155 cm³/mol. The van der Waals surface area contributed by atoms with Gasteiger partial charge >= 0.3 is 6.36 Å². The molecule has 40 heavy (non-hydrogen) atoms. The number of para-hydroxylation sites is 1. The van der Waals surface area contributed by atoms with E-state index in [1.807, 2.05) is 50.2 Å². The molecule has 11 heteroatoms. The van der Waals surface area contributed by atoms with Crippen LogP contribution in [0, 0.1) is 6.92 Å². The van der Waals surface area contributed by atoms with E-state index in [4.69, 9.17) is 12.2 Å². The van der Waals surface area contributed by atoms with Gasteiger partial charge in [0.05, 0.1) is 11.9 Å². The molecule has 0 spiro atoms. The summed E-state index contributed by atoms with van der Waals surface area (Å²) < 4.78 is 43.1. The van der Waals surface area contributed by atoms with Crippen molar-refractivity contribution in [1.82, 2.24) is 20.2 Å². The number of aromatic nitrogens is 3. The van der Waals surface area contributed by atoms with Gasteiger partial charge in [0.25, 0.3) is 0 Å². The Hall–Kier alpha value is -4.25. The van der Waals surface area contributed by atoms with Crippen molar-refractivity contribution in [3.8, 4) is 22.8 Å². The summed E-state index contributed by atoms with van der Waals surface area (Å²) >= 11 is 5.39. The number of benzene rings is 3. The van der Waals surface area contributed by atoms with Crippen LogP contribution in [-0.2, 0) is 6.42 Å². The Bertz CT molecular complexity index is 1510. The van der Waals surface area contributed by atoms with Gasteiger partial charge in [-0.05, 0) is 78.1 Å². The molecule has 0 saturated heterocycles. The molecule has 0 aliphatic carbocycles. The van der Waals surface area contributed by atoms with Gasteiger partial charge in [0, 0.05) is 17.7 Å². The second-order valence-electron chi connectivity index (χ2n) is 9.30. The van der Waals surface area contributed by atoms with E-state index in [0.29, 0.717) is 34.8 Å². The minimum absolute atomic E-state index is 0.297. The maximum atomic E-state index is 12.5. The topological polar surface area (TPSA) is 76.4 Å². The lowest BCUT2D eigenvalue weighted by Crippen LogP contribution is -2.24. The Kier molecular flexibility index (Phi) is 8.83. The van der Waals surface area contributed by atoms with Crippen LogP contribution >= 0.6 is 12.2 Å². The first-order valence-electron chi connectivity index (χ1n) is 12.7. The molecule has 0 aliphatic heterocycles. The highest BCUT2D eigenvalue weighted by Gasteiger charge is 2.31. The third-order valence-electron chi connectivity index (χ3n) is 6.01. The first-order valence-corrected chi connectivity index (χ1v) is 13.1. The van der Waals surface area contributed by atoms with Crippen LogP contribution in [0.1, 0.15) is 49.2 Å². The molecule has 2 N–H and O–H groups in total. The van der Waals surface area contributed by atoms with Crippen molar-refractivity contribution in [2.45, 2.75) is 46.4 Å². The summed E-state index contributed by atoms with van der Waals surface area (Å²) in [5.41, 5.74) is 8.16. The third kappa shape index (κ3) is 7.23. The number of nitrogens with one attached hydrogen (secondary N) is 2. The van der Waals surface area contributed by atoms with Crippen LogP contribution in [-0.4, -0.2) is 32.5 Å². The predicted octanol–water partition coefficient (Wildman–Crippen LogP) is 7.15. The standard InChI is InChI=1S/C29H29F3N6OS/c1-5-26-35-27(37-38(26)21-11-13-22(14-12-21)39-29(30,31)32)24-15-10-20(16-19(24)4)17-33-36-28(40)34-25-9-7-6-8-23(25)18(2)3/h6-18H,5H2,1-4H3,(H2,34,36,40). The highest BCUT2D eigenvalue weighted by atomic mass is 32.1. The van der Waals surface area contributed by atoms with E-state index in [0.717, 1.165) is 27.9 Å². The van der Waals surface area contributed by atoms with Crippen molar-refractivity contribution in [2.75, 3.05) is 5.32 Å². The maximum Gasteiger partial charge on any atom is 0.573 e. The van der Waals surface area contributed by atoms with Crippen LogP contribution < -0.4 is 15.5 Å². The Morgan fingerprint density at radius 3 is 2.48 bits per heavy atom. The van der Waals surface area contributed by atoms with Crippen molar-refractivity contribution in [3.05, 3.63) is 89.2 Å². The molecule has 1 heterocycles. The van der Waals surface area contributed by atoms with Crippen LogP contribution in [0.2, 0.25) is 0 Å². The van der Waals surface area contributed by atoms with Gasteiger partial charge in [-0.15, -0.1) is 18.3 Å². The number of nitrogens with zero attached hydrogens (tertiary/aromatic N) is 4. The van der Waals surface area contributed by atoms with Crippen molar-refractivity contribution in [2.24, 2.45) is 5.10 Å². The molecule has 3 aromatic carbocycles. The number of ether oxygens (including phenoxy) is 1. The van der Waals surface area contributed by atoms with Crippen molar-refractivity contribution in [3.63, 3.8) is 0 Å². The van der Waals surface area contributed by atoms with Gasteiger partial charge in [-0.25, -0.2) is 9.67 Å². The van der Waals surface area contributed by atoms with Gasteiger partial charge in [0.15, 0.2) is 10.9 Å². The fourth-order valence-corrected chi connectivity index (χ4v) is 4.29. The average Bonchev–Trinajstić information content (AvgIpc) is 3.32. The number of hydrogen-bond acceptors (Lipinski definition) is 5. The SMILES string of the molecule is CCc1nc(-c2ccc(C=NNC(=S)Nc3ccccc3C(C)C)cc2C)nn1-c1ccc(OC(F)(F)F)cc1. The quantitative estimate of drug-likeness (QED) is 0.134. The molecule has 0 fully saturated rings. The molecule has 1 aromatic heterocycles. The van der Waals surface area contributed by atoms with E-state index in [9.17, 15) is 13.2 Å². The number of thiocarbonyl (C=S) groups is 1. The zero-order valence-electron chi connectivity index (χ0n) is 22.5. The summed E-state index contributed by atoms with van der Waals surface area (Å²) in [5, 5.41) is 12.5. The van der Waals surface area contributed by atoms with E-state index >= 15 is 0 Å². The first-order chi connectivity index (χ1) is 19.0. The molecule has 4 rings (SSSR count). The third-order valence-corrected chi connectivity index (χ3v) is 6.20. The fraction of sp³-hybridized carbons (Fsp3) is 0.241. The van der Waals surface area contributed by atoms with Crippen molar-refractivity contribution in [1.29, 1.82) is 0 Å². The van der Waals surface area contributed by atoms with Gasteiger partial charge in [-0.3, -0.25) is 5.43 Å². The summed E-state index contributed by atoms with van der Waals surface area (Å²) in [4.78, 5) is 4.66. The molecule has 208 valence electrons. The summed E-state index contributed by atoms with van der Waals surface area (Å²) in [6, 6.07) is 19.3. The van der Waals surface area contributed by atoms with Gasteiger partial charge in [-0.1, -0.05) is 51.1 Å². The molecule has 0 saturated carbocycles. The Labute approximate surface area is 236 Å². The monoisotopic (exact) mass is 566 g/mol. The van der Waals surface area contributed by atoms with Crippen LogP contribution in [0.15, 0.2) is 71.8 Å². The number of halogens is 3. The smallest absolute Gasteiger partial charge is 0.406 e. The zero-order chi connectivity index (χ0) is 28.9. The van der Waals surface area contributed by atoms with Gasteiger partial charge < -0.3 is 10.1 Å². The fourth-order valence-electron chi connectivity index (χ4n) is 4.13. The minimum Gasteiger partial charge on any atom is -0.406 e. The summed E-state index contributed by atoms with van der Waals surface area (Å²) in [6.45, 7) is 8.13. The minimum atomic E-state index is -4.75. The van der Waals surface area contributed by atoms with E-state index in [1.165, 1.54) is 24.3 Å². The number of alkyl halides is 3. The molecule has 0 aliphatic rings. The number of aryl methyl sites for hydroxylation is 2. The molecule has 0 atom stereocenters. The highest BCUT2D eigenvalue weighted by molar-refractivity contribution is 7.80. The molecule has 0 radical (unpaired) electrons. The lowest BCUT2D eigenvalue weighted by Gasteiger charge is -2.14. The van der Waals surface area contributed by atoms with Crippen LogP contribution in [0.25, 0.3) is 17.1 Å². The van der Waals surface area contributed by atoms with Crippen LogP contribution in [0.3, 0.4) is 0 Å². The van der Waals surface area contributed by atoms with Gasteiger partial charge in [-0.2, -0.15) is 5.10 Å². The normalized spacial score (nSPS) is 11.7. The van der Waals surface area contributed by atoms with E-state index in [2.05, 4.69) is 50.6 Å². The number of hydrazone groups is 1. The second kappa shape index (κ2) is 12.3. The summed E-state index contributed by atoms with van der Waals surface area (Å²) in [5.74, 6) is 1.24. The second-order valence-corrected chi connectivity index (χ2v) is 9.71. The number of rotatable bonds is 8. The molecule has 0 bridgehead atoms. The van der Waals surface area contributed by atoms with E-state index < -0.39 is 6.36 Å². The molecule has 0 unspecified atom stereocenters. The zero-order valence-corrected chi connectivity index (χ0v) is 23.3. The number of hydrogen-bond donors (Lipinski definition) is 2. The average molecular weight is 567 g/mol. The lowest BCUT2D eigenvalue weighted by molar-refractivity contribution is -0.274. The summed E-state index contributed by atoms with van der Waals surface area (Å²) in [7, 11) is 0.